The SMILES string of the molecule is CCCCCCCCCCC/C=C\CCCCCCC(O)C(=O)NC(CO)C(O)CCCCCCCCCCCC. The van der Waals surface area contributed by atoms with Crippen LogP contribution < -0.4 is 5.32 Å². The monoisotopic (exact) mass is 582 g/mol. The first-order chi connectivity index (χ1) is 20.1. The summed E-state index contributed by atoms with van der Waals surface area (Å²) in [7, 11) is 0. The molecule has 0 heterocycles. The average molecular weight is 582 g/mol. The fourth-order valence-corrected chi connectivity index (χ4v) is 5.48. The van der Waals surface area contributed by atoms with E-state index in [0.717, 1.165) is 44.9 Å². The molecule has 0 radical (unpaired) electrons. The lowest BCUT2D eigenvalue weighted by atomic mass is 10.0. The third-order valence-electron chi connectivity index (χ3n) is 8.38. The molecule has 3 unspecified atom stereocenters. The molecule has 0 aromatic heterocycles. The predicted octanol–water partition coefficient (Wildman–Crippen LogP) is 9.31. The quantitative estimate of drug-likeness (QED) is 0.0471. The minimum Gasteiger partial charge on any atom is -0.394 e. The van der Waals surface area contributed by atoms with Crippen molar-refractivity contribution in [2.45, 2.75) is 205 Å². The molecule has 3 atom stereocenters. The van der Waals surface area contributed by atoms with Crippen LogP contribution in [0.15, 0.2) is 12.2 Å². The molecule has 1 amide bonds. The van der Waals surface area contributed by atoms with Gasteiger partial charge in [0, 0.05) is 0 Å². The van der Waals surface area contributed by atoms with Crippen LogP contribution in [0.25, 0.3) is 0 Å². The van der Waals surface area contributed by atoms with Gasteiger partial charge in [-0.1, -0.05) is 161 Å². The Morgan fingerprint density at radius 1 is 0.561 bits per heavy atom. The molecule has 0 bridgehead atoms. The molecule has 0 aliphatic rings. The van der Waals surface area contributed by atoms with Crippen LogP contribution in [0.1, 0.15) is 187 Å². The third-order valence-corrected chi connectivity index (χ3v) is 8.38. The number of hydrogen-bond donors (Lipinski definition) is 4. The number of nitrogens with one attached hydrogen (secondary N) is 1. The summed E-state index contributed by atoms with van der Waals surface area (Å²) in [5.41, 5.74) is 0. The van der Waals surface area contributed by atoms with E-state index in [2.05, 4.69) is 31.3 Å². The van der Waals surface area contributed by atoms with Crippen LogP contribution in [0, 0.1) is 0 Å². The lowest BCUT2D eigenvalue weighted by Crippen LogP contribution is -2.49. The van der Waals surface area contributed by atoms with Crippen LogP contribution in [0.2, 0.25) is 0 Å². The normalized spacial score (nSPS) is 14.0. The van der Waals surface area contributed by atoms with Gasteiger partial charge in [0.05, 0.1) is 18.8 Å². The van der Waals surface area contributed by atoms with E-state index in [1.807, 2.05) is 0 Å². The Labute approximate surface area is 255 Å². The van der Waals surface area contributed by atoms with Gasteiger partial charge in [-0.15, -0.1) is 0 Å². The number of carbonyl (C=O) groups is 1. The zero-order valence-electron chi connectivity index (χ0n) is 27.4. The minimum absolute atomic E-state index is 0.315. The second kappa shape index (κ2) is 32.0. The van der Waals surface area contributed by atoms with Gasteiger partial charge in [-0.05, 0) is 38.5 Å². The molecule has 244 valence electrons. The first kappa shape index (κ1) is 40.1. The fourth-order valence-electron chi connectivity index (χ4n) is 5.48. The lowest BCUT2D eigenvalue weighted by Gasteiger charge is -2.23. The third kappa shape index (κ3) is 27.7. The van der Waals surface area contributed by atoms with Crippen molar-refractivity contribution in [1.29, 1.82) is 0 Å². The van der Waals surface area contributed by atoms with E-state index in [1.54, 1.807) is 0 Å². The number of hydrogen-bond acceptors (Lipinski definition) is 4. The zero-order chi connectivity index (χ0) is 30.2. The summed E-state index contributed by atoms with van der Waals surface area (Å²) in [5, 5.41) is 33.0. The van der Waals surface area contributed by atoms with Gasteiger partial charge in [-0.25, -0.2) is 0 Å². The first-order valence-electron chi connectivity index (χ1n) is 18.0. The Kier molecular flexibility index (Phi) is 31.3. The number of aliphatic hydroxyl groups is 3. The zero-order valence-corrected chi connectivity index (χ0v) is 27.4. The molecule has 0 aromatic carbocycles. The van der Waals surface area contributed by atoms with Crippen LogP contribution in [0.3, 0.4) is 0 Å². The molecular weight excluding hydrogens is 510 g/mol. The van der Waals surface area contributed by atoms with Crippen molar-refractivity contribution in [3.8, 4) is 0 Å². The molecule has 0 saturated heterocycles. The molecule has 0 fully saturated rings. The van der Waals surface area contributed by atoms with Crippen LogP contribution in [0.5, 0.6) is 0 Å². The van der Waals surface area contributed by atoms with E-state index < -0.39 is 24.2 Å². The Hall–Kier alpha value is -0.910. The topological polar surface area (TPSA) is 89.8 Å². The smallest absolute Gasteiger partial charge is 0.249 e. The van der Waals surface area contributed by atoms with Gasteiger partial charge in [0.1, 0.15) is 6.10 Å². The lowest BCUT2D eigenvalue weighted by molar-refractivity contribution is -0.131. The van der Waals surface area contributed by atoms with Crippen molar-refractivity contribution in [2.24, 2.45) is 0 Å². The van der Waals surface area contributed by atoms with Crippen molar-refractivity contribution in [2.75, 3.05) is 6.61 Å². The highest BCUT2D eigenvalue weighted by Gasteiger charge is 2.23. The summed E-state index contributed by atoms with van der Waals surface area (Å²) in [6.45, 7) is 4.19. The number of unbranched alkanes of at least 4 members (excludes halogenated alkanes) is 22. The average Bonchev–Trinajstić information content (AvgIpc) is 2.98. The Morgan fingerprint density at radius 3 is 1.34 bits per heavy atom. The van der Waals surface area contributed by atoms with Crippen molar-refractivity contribution in [3.05, 3.63) is 12.2 Å². The van der Waals surface area contributed by atoms with Gasteiger partial charge in [0.15, 0.2) is 0 Å². The van der Waals surface area contributed by atoms with Crippen LogP contribution in [0.4, 0.5) is 0 Å². The molecule has 5 heteroatoms. The van der Waals surface area contributed by atoms with Crippen molar-refractivity contribution in [3.63, 3.8) is 0 Å². The minimum atomic E-state index is -1.08. The summed E-state index contributed by atoms with van der Waals surface area (Å²) in [6, 6.07) is -0.710. The van der Waals surface area contributed by atoms with Crippen LogP contribution in [-0.4, -0.2) is 46.1 Å². The predicted molar refractivity (Wildman–Crippen MR) is 176 cm³/mol. The molecule has 0 aliphatic heterocycles. The Morgan fingerprint density at radius 2 is 0.927 bits per heavy atom. The van der Waals surface area contributed by atoms with Crippen LogP contribution in [-0.2, 0) is 4.79 Å². The highest BCUT2D eigenvalue weighted by Crippen LogP contribution is 2.14. The highest BCUT2D eigenvalue weighted by atomic mass is 16.3. The molecular formula is C36H71NO4. The summed E-state index contributed by atoms with van der Waals surface area (Å²) >= 11 is 0. The van der Waals surface area contributed by atoms with Gasteiger partial charge < -0.3 is 20.6 Å². The van der Waals surface area contributed by atoms with E-state index in [-0.39, 0.29) is 6.61 Å². The largest absolute Gasteiger partial charge is 0.394 e. The van der Waals surface area contributed by atoms with Crippen LogP contribution >= 0.6 is 0 Å². The van der Waals surface area contributed by atoms with Gasteiger partial charge in [0.2, 0.25) is 5.91 Å². The number of carbonyl (C=O) groups excluding carboxylic acids is 1. The molecule has 0 aliphatic carbocycles. The summed E-state index contributed by atoms with van der Waals surface area (Å²) in [4.78, 5) is 12.4. The van der Waals surface area contributed by atoms with E-state index in [0.29, 0.717) is 12.8 Å². The number of allylic oxidation sites excluding steroid dienone is 2. The van der Waals surface area contributed by atoms with E-state index >= 15 is 0 Å². The van der Waals surface area contributed by atoms with Gasteiger partial charge in [0.25, 0.3) is 0 Å². The molecule has 41 heavy (non-hydrogen) atoms. The highest BCUT2D eigenvalue weighted by molar-refractivity contribution is 5.80. The van der Waals surface area contributed by atoms with E-state index in [1.165, 1.54) is 116 Å². The maximum Gasteiger partial charge on any atom is 0.249 e. The number of rotatable bonds is 32. The summed E-state index contributed by atoms with van der Waals surface area (Å²) in [6.07, 6.45) is 34.8. The maximum atomic E-state index is 12.4. The fraction of sp³-hybridized carbons (Fsp3) is 0.917. The molecule has 4 N–H and O–H groups in total. The molecule has 0 rings (SSSR count). The molecule has 5 nitrogen and oxygen atoms in total. The summed E-state index contributed by atoms with van der Waals surface area (Å²) in [5.74, 6) is -0.481. The van der Waals surface area contributed by atoms with Gasteiger partial charge >= 0.3 is 0 Å². The molecule has 0 spiro atoms. The van der Waals surface area contributed by atoms with E-state index in [9.17, 15) is 20.1 Å². The van der Waals surface area contributed by atoms with Gasteiger partial charge in [-0.3, -0.25) is 4.79 Å². The molecule has 0 saturated carbocycles. The van der Waals surface area contributed by atoms with Crippen molar-refractivity contribution < 1.29 is 20.1 Å². The standard InChI is InChI=1S/C36H71NO4/c1-3-5-7-9-11-13-15-16-17-18-19-20-21-23-25-27-29-31-35(40)36(41)37-33(32-38)34(39)30-28-26-24-22-14-12-10-8-6-4-2/h19-20,33-35,38-40H,3-18,21-32H2,1-2H3,(H,37,41)/b20-19-. The number of amides is 1. The summed E-state index contributed by atoms with van der Waals surface area (Å²) < 4.78 is 0. The second-order valence-electron chi connectivity index (χ2n) is 12.4. The number of aliphatic hydroxyl groups excluding tert-OH is 3. The van der Waals surface area contributed by atoms with E-state index in [4.69, 9.17) is 0 Å². The second-order valence-corrected chi connectivity index (χ2v) is 12.4. The Bertz CT molecular complexity index is 568. The van der Waals surface area contributed by atoms with Crippen molar-refractivity contribution in [1.82, 2.24) is 5.32 Å². The molecule has 0 aromatic rings. The Balaban J connectivity index is 3.69. The first-order valence-corrected chi connectivity index (χ1v) is 18.0. The van der Waals surface area contributed by atoms with Gasteiger partial charge in [-0.2, -0.15) is 0 Å². The van der Waals surface area contributed by atoms with Crippen molar-refractivity contribution >= 4 is 5.91 Å². The maximum absolute atomic E-state index is 12.4.